The van der Waals surface area contributed by atoms with Crippen molar-refractivity contribution in [3.05, 3.63) is 41.8 Å². The standard InChI is InChI=1S/C16H18FN3O2S/c1-3-4-9-23(21,22)19-12-5-7-14(15(17)10-12)16-8-6-13(11-18)20(16)2/h5-8,10,19H,3-4,9H2,1-2H3. The molecule has 0 unspecified atom stereocenters. The monoisotopic (exact) mass is 335 g/mol. The van der Waals surface area contributed by atoms with Crippen LogP contribution in [0.25, 0.3) is 11.3 Å². The molecule has 0 bridgehead atoms. The van der Waals surface area contributed by atoms with Gasteiger partial charge >= 0.3 is 0 Å². The van der Waals surface area contributed by atoms with E-state index in [1.807, 2.05) is 13.0 Å². The number of rotatable bonds is 6. The number of benzene rings is 1. The quantitative estimate of drug-likeness (QED) is 0.880. The summed E-state index contributed by atoms with van der Waals surface area (Å²) in [6, 6.07) is 9.45. The van der Waals surface area contributed by atoms with Gasteiger partial charge in [-0.05, 0) is 36.8 Å². The highest BCUT2D eigenvalue weighted by atomic mass is 32.2. The molecule has 0 aliphatic carbocycles. The van der Waals surface area contributed by atoms with Gasteiger partial charge in [-0.1, -0.05) is 13.3 Å². The van der Waals surface area contributed by atoms with Crippen LogP contribution in [-0.2, 0) is 17.1 Å². The van der Waals surface area contributed by atoms with Crippen LogP contribution in [0.3, 0.4) is 0 Å². The second-order valence-electron chi connectivity index (χ2n) is 5.24. The van der Waals surface area contributed by atoms with E-state index < -0.39 is 15.8 Å². The third-order valence-corrected chi connectivity index (χ3v) is 4.89. The number of nitriles is 1. The van der Waals surface area contributed by atoms with E-state index in [2.05, 4.69) is 4.72 Å². The first-order valence-corrected chi connectivity index (χ1v) is 8.89. The Kier molecular flexibility index (Phi) is 5.06. The van der Waals surface area contributed by atoms with Crippen molar-refractivity contribution in [2.45, 2.75) is 19.8 Å². The Morgan fingerprint density at radius 1 is 1.30 bits per heavy atom. The van der Waals surface area contributed by atoms with Gasteiger partial charge in [0.05, 0.1) is 17.1 Å². The number of nitrogens with zero attached hydrogens (tertiary/aromatic N) is 2. The van der Waals surface area contributed by atoms with Crippen LogP contribution < -0.4 is 4.72 Å². The molecule has 0 saturated carbocycles. The van der Waals surface area contributed by atoms with Gasteiger partial charge < -0.3 is 4.57 Å². The molecule has 1 aromatic heterocycles. The summed E-state index contributed by atoms with van der Waals surface area (Å²) in [5, 5.41) is 8.95. The molecule has 0 fully saturated rings. The van der Waals surface area contributed by atoms with E-state index in [1.165, 1.54) is 12.1 Å². The molecule has 0 saturated heterocycles. The Bertz CT molecular complexity index is 851. The molecule has 0 aliphatic heterocycles. The maximum Gasteiger partial charge on any atom is 0.232 e. The van der Waals surface area contributed by atoms with Gasteiger partial charge in [-0.3, -0.25) is 4.72 Å². The second-order valence-corrected chi connectivity index (χ2v) is 7.09. The number of halogens is 1. The molecule has 5 nitrogen and oxygen atoms in total. The van der Waals surface area contributed by atoms with Crippen molar-refractivity contribution in [3.63, 3.8) is 0 Å². The van der Waals surface area contributed by atoms with E-state index in [1.54, 1.807) is 23.7 Å². The number of hydrogen-bond acceptors (Lipinski definition) is 3. The normalized spacial score (nSPS) is 11.2. The lowest BCUT2D eigenvalue weighted by Crippen LogP contribution is -2.16. The lowest BCUT2D eigenvalue weighted by Gasteiger charge is -2.10. The Hall–Kier alpha value is -2.33. The van der Waals surface area contributed by atoms with Crippen LogP contribution in [0.2, 0.25) is 0 Å². The molecular weight excluding hydrogens is 317 g/mol. The zero-order valence-corrected chi connectivity index (χ0v) is 13.8. The molecule has 1 aromatic carbocycles. The molecule has 0 amide bonds. The molecule has 7 heteroatoms. The minimum Gasteiger partial charge on any atom is -0.335 e. The highest BCUT2D eigenvalue weighted by Gasteiger charge is 2.14. The summed E-state index contributed by atoms with van der Waals surface area (Å²) in [4.78, 5) is 0. The van der Waals surface area contributed by atoms with Crippen molar-refractivity contribution < 1.29 is 12.8 Å². The molecule has 2 aromatic rings. The predicted molar refractivity (Wildman–Crippen MR) is 87.8 cm³/mol. The number of sulfonamides is 1. The zero-order chi connectivity index (χ0) is 17.0. The summed E-state index contributed by atoms with van der Waals surface area (Å²) in [5.41, 5.74) is 1.48. The first-order chi connectivity index (χ1) is 10.9. The third-order valence-electron chi connectivity index (χ3n) is 3.52. The van der Waals surface area contributed by atoms with E-state index in [0.29, 0.717) is 23.4 Å². The Morgan fingerprint density at radius 2 is 2.04 bits per heavy atom. The van der Waals surface area contributed by atoms with Gasteiger partial charge in [0.2, 0.25) is 10.0 Å². The number of unbranched alkanes of at least 4 members (excludes halogenated alkanes) is 1. The van der Waals surface area contributed by atoms with E-state index in [9.17, 15) is 12.8 Å². The molecule has 2 rings (SSSR count). The average molecular weight is 335 g/mol. The molecule has 1 N–H and O–H groups in total. The van der Waals surface area contributed by atoms with Crippen LogP contribution in [0.1, 0.15) is 25.5 Å². The zero-order valence-electron chi connectivity index (χ0n) is 13.0. The van der Waals surface area contributed by atoms with Crippen molar-refractivity contribution in [2.24, 2.45) is 7.05 Å². The van der Waals surface area contributed by atoms with Crippen LogP contribution >= 0.6 is 0 Å². The molecule has 0 aliphatic rings. The number of anilines is 1. The first kappa shape index (κ1) is 17.0. The van der Waals surface area contributed by atoms with Crippen LogP contribution in [0.15, 0.2) is 30.3 Å². The highest BCUT2D eigenvalue weighted by Crippen LogP contribution is 2.27. The third kappa shape index (κ3) is 3.90. The highest BCUT2D eigenvalue weighted by molar-refractivity contribution is 7.92. The van der Waals surface area contributed by atoms with Crippen LogP contribution in [0.4, 0.5) is 10.1 Å². The molecular formula is C16H18FN3O2S. The molecule has 1 heterocycles. The number of hydrogen-bond donors (Lipinski definition) is 1. The summed E-state index contributed by atoms with van der Waals surface area (Å²) >= 11 is 0. The van der Waals surface area contributed by atoms with E-state index >= 15 is 0 Å². The van der Waals surface area contributed by atoms with Crippen molar-refractivity contribution in [1.82, 2.24) is 4.57 Å². The minimum absolute atomic E-state index is 0.0101. The summed E-state index contributed by atoms with van der Waals surface area (Å²) in [5.74, 6) is -0.540. The van der Waals surface area contributed by atoms with Gasteiger partial charge in [0, 0.05) is 12.6 Å². The lowest BCUT2D eigenvalue weighted by molar-refractivity contribution is 0.597. The SMILES string of the molecule is CCCCS(=O)(=O)Nc1ccc(-c2ccc(C#N)n2C)c(F)c1. The second kappa shape index (κ2) is 6.84. The maximum absolute atomic E-state index is 14.3. The van der Waals surface area contributed by atoms with Gasteiger partial charge in [-0.25, -0.2) is 12.8 Å². The fraction of sp³-hybridized carbons (Fsp3) is 0.312. The first-order valence-electron chi connectivity index (χ1n) is 7.24. The fourth-order valence-electron chi connectivity index (χ4n) is 2.25. The van der Waals surface area contributed by atoms with Crippen molar-refractivity contribution in [2.75, 3.05) is 10.5 Å². The number of nitrogens with one attached hydrogen (secondary N) is 1. The Labute approximate surface area is 135 Å². The van der Waals surface area contributed by atoms with Crippen LogP contribution in [0, 0.1) is 17.1 Å². The van der Waals surface area contributed by atoms with E-state index in [-0.39, 0.29) is 11.4 Å². The van der Waals surface area contributed by atoms with Crippen LogP contribution in [0.5, 0.6) is 0 Å². The van der Waals surface area contributed by atoms with Gasteiger partial charge in [-0.15, -0.1) is 0 Å². The molecule has 122 valence electrons. The van der Waals surface area contributed by atoms with Crippen molar-refractivity contribution in [3.8, 4) is 17.3 Å². The van der Waals surface area contributed by atoms with Gasteiger partial charge in [0.25, 0.3) is 0 Å². The fourth-order valence-corrected chi connectivity index (χ4v) is 3.50. The van der Waals surface area contributed by atoms with Gasteiger partial charge in [0.1, 0.15) is 17.6 Å². The number of aromatic nitrogens is 1. The molecule has 0 spiro atoms. The Morgan fingerprint density at radius 3 is 2.61 bits per heavy atom. The van der Waals surface area contributed by atoms with E-state index in [0.717, 1.165) is 12.5 Å². The van der Waals surface area contributed by atoms with Crippen LogP contribution in [-0.4, -0.2) is 18.7 Å². The predicted octanol–water partition coefficient (Wildman–Crippen LogP) is 3.24. The maximum atomic E-state index is 14.3. The van der Waals surface area contributed by atoms with Crippen molar-refractivity contribution in [1.29, 1.82) is 5.26 Å². The van der Waals surface area contributed by atoms with Gasteiger partial charge in [0.15, 0.2) is 0 Å². The molecule has 23 heavy (non-hydrogen) atoms. The topological polar surface area (TPSA) is 74.9 Å². The summed E-state index contributed by atoms with van der Waals surface area (Å²) in [6.07, 6.45) is 1.32. The van der Waals surface area contributed by atoms with Crippen molar-refractivity contribution >= 4 is 15.7 Å². The summed E-state index contributed by atoms with van der Waals surface area (Å²) < 4.78 is 42.0. The average Bonchev–Trinajstić information content (AvgIpc) is 2.86. The smallest absolute Gasteiger partial charge is 0.232 e. The minimum atomic E-state index is -3.46. The van der Waals surface area contributed by atoms with Gasteiger partial charge in [-0.2, -0.15) is 5.26 Å². The Balaban J connectivity index is 2.28. The lowest BCUT2D eigenvalue weighted by atomic mass is 10.1. The van der Waals surface area contributed by atoms with E-state index in [4.69, 9.17) is 5.26 Å². The molecule has 0 radical (unpaired) electrons. The summed E-state index contributed by atoms with van der Waals surface area (Å²) in [7, 11) is -1.79. The summed E-state index contributed by atoms with van der Waals surface area (Å²) in [6.45, 7) is 1.90. The largest absolute Gasteiger partial charge is 0.335 e. The molecule has 0 atom stereocenters.